The zero-order valence-corrected chi connectivity index (χ0v) is 13.7. The molecular formula is C19H24N2O. The summed E-state index contributed by atoms with van der Waals surface area (Å²) in [6.07, 6.45) is 0. The van der Waals surface area contributed by atoms with Gasteiger partial charge in [-0.3, -0.25) is 4.79 Å². The van der Waals surface area contributed by atoms with Gasteiger partial charge in [-0.15, -0.1) is 0 Å². The number of aryl methyl sites for hydroxylation is 3. The summed E-state index contributed by atoms with van der Waals surface area (Å²) < 4.78 is 0. The molecule has 3 nitrogen and oxygen atoms in total. The molecule has 3 N–H and O–H groups in total. The van der Waals surface area contributed by atoms with Crippen molar-refractivity contribution in [3.63, 3.8) is 0 Å². The molecule has 0 saturated heterocycles. The molecule has 0 aliphatic rings. The maximum Gasteiger partial charge on any atom is 0.241 e. The largest absolute Gasteiger partial charge is 0.348 e. The molecule has 116 valence electrons. The molecule has 0 fully saturated rings. The first kappa shape index (κ1) is 16.2. The summed E-state index contributed by atoms with van der Waals surface area (Å²) in [5, 5.41) is 3.01. The molecular weight excluding hydrogens is 272 g/mol. The molecule has 0 saturated carbocycles. The van der Waals surface area contributed by atoms with Crippen molar-refractivity contribution < 1.29 is 4.79 Å². The summed E-state index contributed by atoms with van der Waals surface area (Å²) in [7, 11) is 0. The number of amides is 1. The third kappa shape index (κ3) is 3.74. The molecule has 2 aromatic rings. The Labute approximate surface area is 132 Å². The average molecular weight is 296 g/mol. The van der Waals surface area contributed by atoms with Crippen molar-refractivity contribution in [1.29, 1.82) is 0 Å². The van der Waals surface area contributed by atoms with E-state index in [1.165, 1.54) is 11.1 Å². The Morgan fingerprint density at radius 1 is 1.00 bits per heavy atom. The maximum atomic E-state index is 12.4. The summed E-state index contributed by atoms with van der Waals surface area (Å²) in [6.45, 7) is 8.12. The highest BCUT2D eigenvalue weighted by Crippen LogP contribution is 2.20. The maximum absolute atomic E-state index is 12.4. The number of hydrogen-bond donors (Lipinski definition) is 2. The molecule has 0 heterocycles. The molecule has 2 rings (SSSR count). The smallest absolute Gasteiger partial charge is 0.241 e. The molecule has 0 aliphatic carbocycles. The lowest BCUT2D eigenvalue weighted by Crippen LogP contribution is -2.35. The fraction of sp³-hybridized carbons (Fsp3) is 0.316. The van der Waals surface area contributed by atoms with Gasteiger partial charge in [0.15, 0.2) is 0 Å². The Morgan fingerprint density at radius 3 is 2.18 bits per heavy atom. The summed E-state index contributed by atoms with van der Waals surface area (Å²) >= 11 is 0. The van der Waals surface area contributed by atoms with Crippen LogP contribution in [0.15, 0.2) is 42.5 Å². The van der Waals surface area contributed by atoms with Gasteiger partial charge >= 0.3 is 0 Å². The molecule has 0 aromatic heterocycles. The fourth-order valence-electron chi connectivity index (χ4n) is 2.62. The fourth-order valence-corrected chi connectivity index (χ4v) is 2.62. The van der Waals surface area contributed by atoms with Crippen LogP contribution in [0.4, 0.5) is 0 Å². The lowest BCUT2D eigenvalue weighted by molar-refractivity contribution is -0.123. The normalized spacial score (nSPS) is 13.5. The molecule has 2 atom stereocenters. The van der Waals surface area contributed by atoms with E-state index in [4.69, 9.17) is 5.73 Å². The number of nitrogens with two attached hydrogens (primary N) is 1. The predicted octanol–water partition coefficient (Wildman–Crippen LogP) is 3.49. The molecule has 2 unspecified atom stereocenters. The number of hydrogen-bond acceptors (Lipinski definition) is 2. The minimum atomic E-state index is -0.645. The third-order valence-corrected chi connectivity index (χ3v) is 3.97. The topological polar surface area (TPSA) is 55.1 Å². The first-order valence-corrected chi connectivity index (χ1v) is 7.58. The molecule has 0 aliphatic heterocycles. The van der Waals surface area contributed by atoms with Crippen molar-refractivity contribution in [2.24, 2.45) is 5.73 Å². The van der Waals surface area contributed by atoms with Gasteiger partial charge in [0.25, 0.3) is 0 Å². The van der Waals surface area contributed by atoms with Crippen LogP contribution >= 0.6 is 0 Å². The van der Waals surface area contributed by atoms with Crippen LogP contribution in [0.25, 0.3) is 0 Å². The van der Waals surface area contributed by atoms with Crippen molar-refractivity contribution in [2.45, 2.75) is 39.8 Å². The summed E-state index contributed by atoms with van der Waals surface area (Å²) in [6, 6.07) is 13.3. The van der Waals surface area contributed by atoms with E-state index in [0.717, 1.165) is 16.7 Å². The van der Waals surface area contributed by atoms with E-state index in [2.05, 4.69) is 37.4 Å². The van der Waals surface area contributed by atoms with Gasteiger partial charge in [-0.05, 0) is 44.4 Å². The minimum Gasteiger partial charge on any atom is -0.348 e. The van der Waals surface area contributed by atoms with E-state index in [9.17, 15) is 4.79 Å². The van der Waals surface area contributed by atoms with Crippen molar-refractivity contribution >= 4 is 5.91 Å². The van der Waals surface area contributed by atoms with Gasteiger partial charge in [-0.1, -0.05) is 53.6 Å². The highest BCUT2D eigenvalue weighted by Gasteiger charge is 2.19. The van der Waals surface area contributed by atoms with Crippen LogP contribution in [-0.2, 0) is 4.79 Å². The van der Waals surface area contributed by atoms with Gasteiger partial charge in [-0.25, -0.2) is 0 Å². The first-order valence-electron chi connectivity index (χ1n) is 7.58. The SMILES string of the molecule is Cc1ccc(C(N)C(=O)NC(C)c2ccc(C)cc2C)cc1. The first-order chi connectivity index (χ1) is 10.4. The van der Waals surface area contributed by atoms with Crippen molar-refractivity contribution in [1.82, 2.24) is 5.32 Å². The second-order valence-electron chi connectivity index (χ2n) is 5.98. The Hall–Kier alpha value is -2.13. The Bertz CT molecular complexity index is 662. The highest BCUT2D eigenvalue weighted by atomic mass is 16.2. The van der Waals surface area contributed by atoms with E-state index in [1.54, 1.807) is 0 Å². The molecule has 0 spiro atoms. The van der Waals surface area contributed by atoms with Gasteiger partial charge < -0.3 is 11.1 Å². The highest BCUT2D eigenvalue weighted by molar-refractivity contribution is 5.83. The second kappa shape index (κ2) is 6.75. The van der Waals surface area contributed by atoms with Crippen LogP contribution in [0.3, 0.4) is 0 Å². The lowest BCUT2D eigenvalue weighted by atomic mass is 9.99. The lowest BCUT2D eigenvalue weighted by Gasteiger charge is -2.20. The van der Waals surface area contributed by atoms with Gasteiger partial charge in [0.1, 0.15) is 6.04 Å². The van der Waals surface area contributed by atoms with Gasteiger partial charge in [0.2, 0.25) is 5.91 Å². The Kier molecular flexibility index (Phi) is 4.99. The second-order valence-corrected chi connectivity index (χ2v) is 5.98. The molecule has 2 aromatic carbocycles. The van der Waals surface area contributed by atoms with Gasteiger partial charge in [0.05, 0.1) is 6.04 Å². The van der Waals surface area contributed by atoms with E-state index in [-0.39, 0.29) is 11.9 Å². The molecule has 0 bridgehead atoms. The Balaban J connectivity index is 2.08. The van der Waals surface area contributed by atoms with E-state index < -0.39 is 6.04 Å². The summed E-state index contributed by atoms with van der Waals surface area (Å²) in [5.41, 5.74) is 11.6. The zero-order chi connectivity index (χ0) is 16.3. The number of carbonyl (C=O) groups excluding carboxylic acids is 1. The number of carbonyl (C=O) groups is 1. The van der Waals surface area contributed by atoms with Crippen molar-refractivity contribution in [3.05, 3.63) is 70.3 Å². The predicted molar refractivity (Wildman–Crippen MR) is 90.6 cm³/mol. The molecule has 3 heteroatoms. The average Bonchev–Trinajstić information content (AvgIpc) is 2.47. The van der Waals surface area contributed by atoms with Crippen molar-refractivity contribution in [3.8, 4) is 0 Å². The molecule has 22 heavy (non-hydrogen) atoms. The monoisotopic (exact) mass is 296 g/mol. The van der Waals surface area contributed by atoms with Crippen LogP contribution in [0.1, 0.15) is 46.8 Å². The number of benzene rings is 2. The summed E-state index contributed by atoms with van der Waals surface area (Å²) in [4.78, 5) is 12.4. The standard InChI is InChI=1S/C19H24N2O/c1-12-5-8-16(9-6-12)18(20)19(22)21-15(4)17-10-7-13(2)11-14(17)3/h5-11,15,18H,20H2,1-4H3,(H,21,22). The van der Waals surface area contributed by atoms with Crippen LogP contribution in [0, 0.1) is 20.8 Å². The summed E-state index contributed by atoms with van der Waals surface area (Å²) in [5.74, 6) is -0.156. The Morgan fingerprint density at radius 2 is 1.59 bits per heavy atom. The number of rotatable bonds is 4. The van der Waals surface area contributed by atoms with E-state index >= 15 is 0 Å². The van der Waals surface area contributed by atoms with Crippen molar-refractivity contribution in [2.75, 3.05) is 0 Å². The minimum absolute atomic E-state index is 0.0652. The molecule has 0 radical (unpaired) electrons. The van der Waals surface area contributed by atoms with Crippen LogP contribution < -0.4 is 11.1 Å². The number of nitrogens with one attached hydrogen (secondary N) is 1. The quantitative estimate of drug-likeness (QED) is 0.907. The zero-order valence-electron chi connectivity index (χ0n) is 13.7. The van der Waals surface area contributed by atoms with E-state index in [1.807, 2.05) is 38.1 Å². The van der Waals surface area contributed by atoms with Crippen LogP contribution in [0.2, 0.25) is 0 Å². The van der Waals surface area contributed by atoms with Crippen LogP contribution in [0.5, 0.6) is 0 Å². The molecule has 1 amide bonds. The van der Waals surface area contributed by atoms with Gasteiger partial charge in [0, 0.05) is 0 Å². The van der Waals surface area contributed by atoms with Gasteiger partial charge in [-0.2, -0.15) is 0 Å². The third-order valence-electron chi connectivity index (χ3n) is 3.97. The van der Waals surface area contributed by atoms with Crippen LogP contribution in [-0.4, -0.2) is 5.91 Å². The van der Waals surface area contributed by atoms with E-state index in [0.29, 0.717) is 0 Å².